The van der Waals surface area contributed by atoms with Crippen LogP contribution in [0.15, 0.2) is 76.4 Å². The van der Waals surface area contributed by atoms with E-state index in [-0.39, 0.29) is 30.2 Å². The molecule has 3 fully saturated rings. The molecule has 9 rings (SSSR count). The minimum atomic E-state index is -0.626. The van der Waals surface area contributed by atoms with Crippen molar-refractivity contribution in [2.24, 2.45) is 22.4 Å². The number of aliphatic imine (C=N–C) groups is 1. The fraction of sp³-hybridized carbons (Fsp3) is 0.419. The van der Waals surface area contributed by atoms with Crippen LogP contribution in [0.4, 0.5) is 0 Å². The first kappa shape index (κ1) is 38.8. The highest BCUT2D eigenvalue weighted by atomic mass is 32.1. The van der Waals surface area contributed by atoms with E-state index in [1.807, 2.05) is 4.90 Å². The maximum Gasteiger partial charge on any atom is 0.245 e. The quantitative estimate of drug-likeness (QED) is 0.0666. The second-order valence-corrected chi connectivity index (χ2v) is 17.3. The molecule has 12 nitrogen and oxygen atoms in total. The zero-order valence-electron chi connectivity index (χ0n) is 32.2. The number of guanidine groups is 1. The van der Waals surface area contributed by atoms with Gasteiger partial charge in [0.2, 0.25) is 11.8 Å². The molecule has 2 aromatic carbocycles. The normalized spacial score (nSPS) is 17.6. The molecule has 0 spiro atoms. The number of benzene rings is 2. The van der Waals surface area contributed by atoms with E-state index in [0.29, 0.717) is 24.9 Å². The number of rotatable bonds is 9. The number of piperidine rings is 2. The van der Waals surface area contributed by atoms with Gasteiger partial charge < -0.3 is 27.0 Å². The number of nitrogens with two attached hydrogens (primary N) is 2. The third-order valence-electron chi connectivity index (χ3n) is 11.8. The SMILES string of the molecule is NC(N)=N[C@@H](C(=O)NCC(=O)N1CCC(c2cc(-c3csc4ccccc34)n[nH]2)CC1)C1CCCCC1.c1ccc2c(-c3cc(C4CCNCC4)[nH]n3)csc2c1. The largest absolute Gasteiger partial charge is 0.370 e. The Bertz CT molecular complexity index is 2300. The maximum absolute atomic E-state index is 12.9. The van der Waals surface area contributed by atoms with E-state index in [2.05, 4.69) is 107 Å². The summed E-state index contributed by atoms with van der Waals surface area (Å²) in [6.45, 7) is 3.48. The highest BCUT2D eigenvalue weighted by molar-refractivity contribution is 7.18. The fourth-order valence-corrected chi connectivity index (χ4v) is 10.6. The summed E-state index contributed by atoms with van der Waals surface area (Å²) >= 11 is 3.52. The Kier molecular flexibility index (Phi) is 12.3. The minimum absolute atomic E-state index is 0.0356. The van der Waals surface area contributed by atoms with Gasteiger partial charge in [0.1, 0.15) is 6.04 Å². The summed E-state index contributed by atoms with van der Waals surface area (Å²) in [7, 11) is 0. The van der Waals surface area contributed by atoms with Crippen LogP contribution in [0.2, 0.25) is 0 Å². The summed E-state index contributed by atoms with van der Waals surface area (Å²) in [5, 5.41) is 28.7. The van der Waals surface area contributed by atoms with Gasteiger partial charge in [-0.15, -0.1) is 22.7 Å². The van der Waals surface area contributed by atoms with Crippen LogP contribution in [0, 0.1) is 5.92 Å². The highest BCUT2D eigenvalue weighted by Crippen LogP contribution is 2.37. The van der Waals surface area contributed by atoms with E-state index in [4.69, 9.17) is 11.5 Å². The number of H-pyrrole nitrogens is 2. The molecule has 1 aliphatic carbocycles. The number of carbonyl (C=O) groups excluding carboxylic acids is 2. The van der Waals surface area contributed by atoms with E-state index in [1.165, 1.54) is 50.7 Å². The zero-order valence-corrected chi connectivity index (χ0v) is 33.8. The van der Waals surface area contributed by atoms with Crippen LogP contribution in [0.5, 0.6) is 0 Å². The van der Waals surface area contributed by atoms with Gasteiger partial charge in [0, 0.05) is 78.4 Å². The molecule has 57 heavy (non-hydrogen) atoms. The standard InChI is InChI=1S/C27H35N7O2S.C16H17N3S/c28-27(29)31-25(18-6-2-1-3-7-18)26(36)30-15-24(35)34-12-10-17(11-13-34)21-14-22(33-32-21)20-16-37-23-9-5-4-8-19(20)23;1-2-4-16-12(3-1)13(10-20-16)15-9-14(18-19-15)11-5-7-17-8-6-11/h4-5,8-9,14,16-18,25H,1-3,6-7,10-13,15H2,(H,30,36)(H,32,33)(H4,28,29,31);1-4,9-11,17H,5-8H2,(H,18,19)/t25-;/m1./s1. The van der Waals surface area contributed by atoms with Gasteiger partial charge in [-0.1, -0.05) is 55.7 Å². The number of aromatic nitrogens is 4. The monoisotopic (exact) mass is 804 g/mol. The van der Waals surface area contributed by atoms with Crippen LogP contribution in [0.3, 0.4) is 0 Å². The van der Waals surface area contributed by atoms with Gasteiger partial charge in [0.15, 0.2) is 5.96 Å². The molecule has 6 aromatic rings. The van der Waals surface area contributed by atoms with Gasteiger partial charge in [-0.3, -0.25) is 19.8 Å². The second-order valence-electron chi connectivity index (χ2n) is 15.5. The summed E-state index contributed by atoms with van der Waals surface area (Å²) in [4.78, 5) is 31.8. The third-order valence-corrected chi connectivity index (χ3v) is 13.8. The van der Waals surface area contributed by atoms with Crippen molar-refractivity contribution in [2.45, 2.75) is 75.7 Å². The number of carbonyl (C=O) groups is 2. The molecule has 14 heteroatoms. The Morgan fingerprint density at radius 3 is 1.88 bits per heavy atom. The molecule has 1 saturated carbocycles. The van der Waals surface area contributed by atoms with Crippen molar-refractivity contribution in [2.75, 3.05) is 32.7 Å². The van der Waals surface area contributed by atoms with Crippen molar-refractivity contribution in [3.63, 3.8) is 0 Å². The Balaban J connectivity index is 0.000000190. The van der Waals surface area contributed by atoms with Crippen LogP contribution < -0.4 is 22.1 Å². The Morgan fingerprint density at radius 2 is 1.32 bits per heavy atom. The van der Waals surface area contributed by atoms with Gasteiger partial charge in [-0.25, -0.2) is 4.99 Å². The van der Waals surface area contributed by atoms with Gasteiger partial charge in [0.05, 0.1) is 17.9 Å². The molecule has 1 atom stereocenters. The fourth-order valence-electron chi connectivity index (χ4n) is 8.66. The first-order valence-electron chi connectivity index (χ1n) is 20.3. The summed E-state index contributed by atoms with van der Waals surface area (Å²) < 4.78 is 2.58. The average Bonchev–Trinajstić information content (AvgIpc) is 4.09. The van der Waals surface area contributed by atoms with Crippen LogP contribution in [-0.4, -0.2) is 81.8 Å². The molecule has 3 aliphatic rings. The van der Waals surface area contributed by atoms with Crippen LogP contribution in [-0.2, 0) is 9.59 Å². The van der Waals surface area contributed by atoms with E-state index in [0.717, 1.165) is 74.3 Å². The molecule has 2 amide bonds. The molecule has 0 unspecified atom stereocenters. The summed E-state index contributed by atoms with van der Waals surface area (Å²) in [6.07, 6.45) is 9.27. The lowest BCUT2D eigenvalue weighted by atomic mass is 9.83. The van der Waals surface area contributed by atoms with Crippen molar-refractivity contribution in [1.82, 2.24) is 35.9 Å². The topological polar surface area (TPSA) is 183 Å². The summed E-state index contributed by atoms with van der Waals surface area (Å²) in [5.41, 5.74) is 18.0. The number of nitrogens with one attached hydrogen (secondary N) is 4. The van der Waals surface area contributed by atoms with Gasteiger partial charge in [0.25, 0.3) is 0 Å². The number of nitrogens with zero attached hydrogens (tertiary/aromatic N) is 4. The molecule has 298 valence electrons. The lowest BCUT2D eigenvalue weighted by Crippen LogP contribution is -2.47. The van der Waals surface area contributed by atoms with E-state index >= 15 is 0 Å². The first-order chi connectivity index (χ1) is 27.9. The number of fused-ring (bicyclic) bond motifs is 2. The zero-order chi connectivity index (χ0) is 39.1. The number of hydrogen-bond donors (Lipinski definition) is 6. The number of thiophene rings is 2. The molecule has 0 radical (unpaired) electrons. The second kappa shape index (κ2) is 18.0. The Labute approximate surface area is 340 Å². The predicted octanol–water partition coefficient (Wildman–Crippen LogP) is 7.09. The molecule has 2 saturated heterocycles. The highest BCUT2D eigenvalue weighted by Gasteiger charge is 2.31. The third kappa shape index (κ3) is 9.08. The lowest BCUT2D eigenvalue weighted by molar-refractivity contribution is -0.134. The number of amides is 2. The molecule has 6 heterocycles. The first-order valence-corrected chi connectivity index (χ1v) is 22.1. The van der Waals surface area contributed by atoms with Crippen molar-refractivity contribution in [3.8, 4) is 22.5 Å². The number of aromatic amines is 2. The van der Waals surface area contributed by atoms with Crippen LogP contribution in [0.1, 0.15) is 81.0 Å². The van der Waals surface area contributed by atoms with Crippen molar-refractivity contribution in [1.29, 1.82) is 0 Å². The molecule has 2 aliphatic heterocycles. The van der Waals surface area contributed by atoms with Gasteiger partial charge in [-0.05, 0) is 81.8 Å². The smallest absolute Gasteiger partial charge is 0.245 e. The predicted molar refractivity (Wildman–Crippen MR) is 231 cm³/mol. The van der Waals surface area contributed by atoms with Gasteiger partial charge >= 0.3 is 0 Å². The van der Waals surface area contributed by atoms with Crippen molar-refractivity contribution in [3.05, 3.63) is 82.8 Å². The summed E-state index contributed by atoms with van der Waals surface area (Å²) in [6, 6.07) is 20.7. The molecule has 4 aromatic heterocycles. The number of hydrogen-bond acceptors (Lipinski definition) is 8. The summed E-state index contributed by atoms with van der Waals surface area (Å²) in [5.74, 6) is 0.634. The van der Waals surface area contributed by atoms with Gasteiger partial charge in [-0.2, -0.15) is 10.2 Å². The van der Waals surface area contributed by atoms with E-state index in [9.17, 15) is 9.59 Å². The Morgan fingerprint density at radius 1 is 0.772 bits per heavy atom. The molecular formula is C43H52N10O2S2. The van der Waals surface area contributed by atoms with Crippen molar-refractivity contribution < 1.29 is 9.59 Å². The molecular weight excluding hydrogens is 753 g/mol. The van der Waals surface area contributed by atoms with E-state index < -0.39 is 6.04 Å². The van der Waals surface area contributed by atoms with Crippen molar-refractivity contribution >= 4 is 60.6 Å². The number of likely N-dealkylation sites (tertiary alicyclic amines) is 1. The minimum Gasteiger partial charge on any atom is -0.370 e. The van der Waals surface area contributed by atoms with E-state index in [1.54, 1.807) is 22.7 Å². The molecule has 0 bridgehead atoms. The van der Waals surface area contributed by atoms with Crippen LogP contribution in [0.25, 0.3) is 42.7 Å². The lowest BCUT2D eigenvalue weighted by Gasteiger charge is -2.32. The van der Waals surface area contributed by atoms with Crippen LogP contribution >= 0.6 is 22.7 Å². The Hall–Kier alpha value is -5.05. The maximum atomic E-state index is 12.9. The average molecular weight is 805 g/mol. The molecule has 8 N–H and O–H groups in total.